The highest BCUT2D eigenvalue weighted by Crippen LogP contribution is 2.32. The van der Waals surface area contributed by atoms with Crippen LogP contribution < -0.4 is 15.4 Å². The van der Waals surface area contributed by atoms with Crippen molar-refractivity contribution in [1.82, 2.24) is 0 Å². The van der Waals surface area contributed by atoms with Gasteiger partial charge in [0, 0.05) is 31.8 Å². The first-order chi connectivity index (χ1) is 9.01. The van der Waals surface area contributed by atoms with Crippen molar-refractivity contribution in [2.75, 3.05) is 37.5 Å². The summed E-state index contributed by atoms with van der Waals surface area (Å²) in [5.74, 6) is -0.201. The normalized spacial score (nSPS) is 10.8. The molecule has 0 saturated heterocycles. The van der Waals surface area contributed by atoms with Crippen molar-refractivity contribution in [3.63, 3.8) is 0 Å². The van der Waals surface area contributed by atoms with Gasteiger partial charge in [0.05, 0.1) is 24.6 Å². The summed E-state index contributed by atoms with van der Waals surface area (Å²) in [6, 6.07) is 3.20. The lowest BCUT2D eigenvalue weighted by atomic mass is 10.2. The van der Waals surface area contributed by atoms with Gasteiger partial charge in [-0.1, -0.05) is 0 Å². The standard InChI is InChI=1S/C14H23FN2O2/c1-5-19-14-9-13(12(16)8-11(14)15)17(10(2)3)6-7-18-4/h8-10H,5-7,16H2,1-4H3. The molecule has 0 aliphatic heterocycles. The Labute approximate surface area is 114 Å². The fourth-order valence-electron chi connectivity index (χ4n) is 1.92. The summed E-state index contributed by atoms with van der Waals surface area (Å²) in [6.07, 6.45) is 0. The molecular weight excluding hydrogens is 247 g/mol. The van der Waals surface area contributed by atoms with Crippen LogP contribution >= 0.6 is 0 Å². The number of halogens is 1. The van der Waals surface area contributed by atoms with Crippen molar-refractivity contribution in [3.8, 4) is 5.75 Å². The van der Waals surface area contributed by atoms with Gasteiger partial charge in [-0.15, -0.1) is 0 Å². The average molecular weight is 270 g/mol. The van der Waals surface area contributed by atoms with E-state index in [-0.39, 0.29) is 11.8 Å². The highest BCUT2D eigenvalue weighted by Gasteiger charge is 2.17. The maximum absolute atomic E-state index is 13.7. The van der Waals surface area contributed by atoms with Crippen molar-refractivity contribution < 1.29 is 13.9 Å². The lowest BCUT2D eigenvalue weighted by Crippen LogP contribution is -2.34. The molecule has 0 aliphatic carbocycles. The summed E-state index contributed by atoms with van der Waals surface area (Å²) in [7, 11) is 1.65. The number of hydrogen-bond acceptors (Lipinski definition) is 4. The Bertz CT molecular complexity index is 411. The van der Waals surface area contributed by atoms with Gasteiger partial charge in [-0.2, -0.15) is 0 Å². The third-order valence-electron chi connectivity index (χ3n) is 2.85. The second-order valence-electron chi connectivity index (χ2n) is 4.55. The third kappa shape index (κ3) is 3.99. The van der Waals surface area contributed by atoms with Crippen LogP contribution in [0.5, 0.6) is 5.75 Å². The highest BCUT2D eigenvalue weighted by atomic mass is 19.1. The molecule has 1 aromatic rings. The van der Waals surface area contributed by atoms with Crippen LogP contribution in [0.1, 0.15) is 20.8 Å². The molecule has 0 heterocycles. The molecule has 2 N–H and O–H groups in total. The number of nitrogens with zero attached hydrogens (tertiary/aromatic N) is 1. The Kier molecular flexibility index (Phi) is 5.89. The number of rotatable bonds is 7. The Balaban J connectivity index is 3.10. The largest absolute Gasteiger partial charge is 0.491 e. The molecule has 5 heteroatoms. The van der Waals surface area contributed by atoms with Crippen LogP contribution in [-0.4, -0.2) is 32.9 Å². The van der Waals surface area contributed by atoms with Crippen LogP contribution in [0.2, 0.25) is 0 Å². The number of nitrogen functional groups attached to an aromatic ring is 1. The van der Waals surface area contributed by atoms with E-state index in [9.17, 15) is 4.39 Å². The molecule has 0 fully saturated rings. The van der Waals surface area contributed by atoms with Gasteiger partial charge in [0.15, 0.2) is 11.6 Å². The lowest BCUT2D eigenvalue weighted by Gasteiger charge is -2.30. The van der Waals surface area contributed by atoms with E-state index in [1.165, 1.54) is 6.07 Å². The molecule has 0 radical (unpaired) electrons. The van der Waals surface area contributed by atoms with Gasteiger partial charge >= 0.3 is 0 Å². The number of benzene rings is 1. The molecule has 4 nitrogen and oxygen atoms in total. The second kappa shape index (κ2) is 7.19. The summed E-state index contributed by atoms with van der Waals surface area (Å²) >= 11 is 0. The zero-order valence-electron chi connectivity index (χ0n) is 12.1. The minimum Gasteiger partial charge on any atom is -0.491 e. The predicted octanol–water partition coefficient (Wildman–Crippen LogP) is 2.67. The molecule has 19 heavy (non-hydrogen) atoms. The molecular formula is C14H23FN2O2. The van der Waals surface area contributed by atoms with E-state index < -0.39 is 5.82 Å². The predicted molar refractivity (Wildman–Crippen MR) is 76.3 cm³/mol. The Morgan fingerprint density at radius 3 is 2.58 bits per heavy atom. The monoisotopic (exact) mass is 270 g/mol. The molecule has 0 saturated carbocycles. The number of nitrogens with two attached hydrogens (primary N) is 1. The quantitative estimate of drug-likeness (QED) is 0.774. The van der Waals surface area contributed by atoms with Crippen LogP contribution in [0.4, 0.5) is 15.8 Å². The molecule has 0 spiro atoms. The molecule has 0 amide bonds. The van der Waals surface area contributed by atoms with Gasteiger partial charge in [-0.25, -0.2) is 4.39 Å². The second-order valence-corrected chi connectivity index (χ2v) is 4.55. The molecule has 0 atom stereocenters. The summed E-state index contributed by atoms with van der Waals surface area (Å²) in [6.45, 7) is 7.62. The van der Waals surface area contributed by atoms with Crippen molar-refractivity contribution >= 4 is 11.4 Å². The van der Waals surface area contributed by atoms with Crippen molar-refractivity contribution in [2.45, 2.75) is 26.8 Å². The van der Waals surface area contributed by atoms with E-state index in [4.69, 9.17) is 15.2 Å². The molecule has 1 aromatic carbocycles. The number of methoxy groups -OCH3 is 1. The Hall–Kier alpha value is -1.49. The number of hydrogen-bond donors (Lipinski definition) is 1. The van der Waals surface area contributed by atoms with Crippen molar-refractivity contribution in [2.24, 2.45) is 0 Å². The van der Waals surface area contributed by atoms with Crippen molar-refractivity contribution in [1.29, 1.82) is 0 Å². The molecule has 0 unspecified atom stereocenters. The minimum absolute atomic E-state index is 0.231. The van der Waals surface area contributed by atoms with Crippen LogP contribution in [-0.2, 0) is 4.74 Å². The van der Waals surface area contributed by atoms with Gasteiger partial charge < -0.3 is 20.1 Å². The number of ether oxygens (including phenoxy) is 2. The summed E-state index contributed by atoms with van der Waals surface area (Å²) in [5, 5.41) is 0. The van der Waals surface area contributed by atoms with Gasteiger partial charge in [0.1, 0.15) is 0 Å². The van der Waals surface area contributed by atoms with Gasteiger partial charge in [0.25, 0.3) is 0 Å². The molecule has 0 aliphatic rings. The SMILES string of the molecule is CCOc1cc(N(CCOC)C(C)C)c(N)cc1F. The topological polar surface area (TPSA) is 47.7 Å². The third-order valence-corrected chi connectivity index (χ3v) is 2.85. The first kappa shape index (κ1) is 15.6. The summed E-state index contributed by atoms with van der Waals surface area (Å²) < 4.78 is 24.1. The van der Waals surface area contributed by atoms with Gasteiger partial charge in [-0.05, 0) is 20.8 Å². The minimum atomic E-state index is -0.432. The van der Waals surface area contributed by atoms with Crippen LogP contribution in [0.15, 0.2) is 12.1 Å². The van der Waals surface area contributed by atoms with Crippen LogP contribution in [0, 0.1) is 5.82 Å². The van der Waals surface area contributed by atoms with E-state index in [2.05, 4.69) is 18.7 Å². The molecule has 108 valence electrons. The van der Waals surface area contributed by atoms with Gasteiger partial charge in [-0.3, -0.25) is 0 Å². The fraction of sp³-hybridized carbons (Fsp3) is 0.571. The van der Waals surface area contributed by atoms with E-state index in [1.54, 1.807) is 13.2 Å². The maximum atomic E-state index is 13.7. The van der Waals surface area contributed by atoms with E-state index in [1.807, 2.05) is 6.92 Å². The van der Waals surface area contributed by atoms with E-state index >= 15 is 0 Å². The summed E-state index contributed by atoms with van der Waals surface area (Å²) in [5.41, 5.74) is 7.10. The zero-order chi connectivity index (χ0) is 14.4. The first-order valence-corrected chi connectivity index (χ1v) is 6.48. The van der Waals surface area contributed by atoms with Gasteiger partial charge in [0.2, 0.25) is 0 Å². The lowest BCUT2D eigenvalue weighted by molar-refractivity contribution is 0.204. The van der Waals surface area contributed by atoms with E-state index in [0.717, 1.165) is 5.69 Å². The fourth-order valence-corrected chi connectivity index (χ4v) is 1.92. The Morgan fingerprint density at radius 1 is 1.37 bits per heavy atom. The Morgan fingerprint density at radius 2 is 2.05 bits per heavy atom. The number of anilines is 2. The van der Waals surface area contributed by atoms with E-state index in [0.29, 0.717) is 25.4 Å². The summed E-state index contributed by atoms with van der Waals surface area (Å²) in [4.78, 5) is 2.07. The maximum Gasteiger partial charge on any atom is 0.167 e. The molecule has 1 rings (SSSR count). The zero-order valence-corrected chi connectivity index (χ0v) is 12.1. The first-order valence-electron chi connectivity index (χ1n) is 6.48. The highest BCUT2D eigenvalue weighted by molar-refractivity contribution is 5.70. The molecule has 0 bridgehead atoms. The van der Waals surface area contributed by atoms with Crippen LogP contribution in [0.3, 0.4) is 0 Å². The van der Waals surface area contributed by atoms with Crippen LogP contribution in [0.25, 0.3) is 0 Å². The van der Waals surface area contributed by atoms with Crippen molar-refractivity contribution in [3.05, 3.63) is 17.9 Å². The smallest absolute Gasteiger partial charge is 0.167 e. The average Bonchev–Trinajstić information content (AvgIpc) is 2.34. The molecule has 0 aromatic heterocycles.